The summed E-state index contributed by atoms with van der Waals surface area (Å²) in [6, 6.07) is 0. The number of hydrogen-bond donors (Lipinski definition) is 1. The van der Waals surface area contributed by atoms with E-state index in [2.05, 4.69) is 11.2 Å². The Hall–Kier alpha value is -0.220. The Kier molecular flexibility index (Phi) is 5.12. The second kappa shape index (κ2) is 5.92. The van der Waals surface area contributed by atoms with Crippen LogP contribution in [0.2, 0.25) is 0 Å². The van der Waals surface area contributed by atoms with E-state index in [-0.39, 0.29) is 5.92 Å². The van der Waals surface area contributed by atoms with Crippen molar-refractivity contribution in [3.63, 3.8) is 0 Å². The van der Waals surface area contributed by atoms with Crippen molar-refractivity contribution in [2.45, 2.75) is 26.7 Å². The van der Waals surface area contributed by atoms with Gasteiger partial charge in [0.1, 0.15) is 0 Å². The summed E-state index contributed by atoms with van der Waals surface area (Å²) in [7, 11) is 0. The lowest BCUT2D eigenvalue weighted by Crippen LogP contribution is -2.39. The third-order valence-electron chi connectivity index (χ3n) is 3.73. The zero-order valence-electron chi connectivity index (χ0n) is 10.5. The van der Waals surface area contributed by atoms with Crippen LogP contribution in [-0.2, 0) is 4.79 Å². The van der Waals surface area contributed by atoms with Crippen molar-refractivity contribution < 1.29 is 9.90 Å². The first-order valence-electron chi connectivity index (χ1n) is 5.97. The number of thioether (sulfide) groups is 1. The number of likely N-dealkylation sites (tertiary alicyclic amines) is 1. The summed E-state index contributed by atoms with van der Waals surface area (Å²) in [5.74, 6) is 0.767. The van der Waals surface area contributed by atoms with E-state index in [0.717, 1.165) is 38.2 Å². The van der Waals surface area contributed by atoms with Crippen molar-refractivity contribution in [3.8, 4) is 0 Å². The van der Waals surface area contributed by atoms with Crippen molar-refractivity contribution in [1.82, 2.24) is 4.90 Å². The average Bonchev–Trinajstić information content (AvgIpc) is 2.64. The molecular formula is C12H23NO2S. The Morgan fingerprint density at radius 1 is 1.56 bits per heavy atom. The number of rotatable bonds is 6. The first-order valence-corrected chi connectivity index (χ1v) is 7.37. The van der Waals surface area contributed by atoms with E-state index in [1.807, 2.05) is 25.6 Å². The summed E-state index contributed by atoms with van der Waals surface area (Å²) in [4.78, 5) is 13.7. The Balaban J connectivity index is 2.51. The molecule has 0 aliphatic carbocycles. The highest BCUT2D eigenvalue weighted by Gasteiger charge is 2.46. The second-order valence-corrected chi connectivity index (χ2v) is 5.97. The maximum Gasteiger partial charge on any atom is 0.311 e. The zero-order chi connectivity index (χ0) is 12.2. The number of carboxylic acid groups (broad SMARTS) is 1. The van der Waals surface area contributed by atoms with Crippen LogP contribution < -0.4 is 0 Å². The van der Waals surface area contributed by atoms with Gasteiger partial charge in [-0.1, -0.05) is 13.8 Å². The molecule has 1 aliphatic heterocycles. The highest BCUT2D eigenvalue weighted by molar-refractivity contribution is 7.98. The predicted octanol–water partition coefficient (Wildman–Crippen LogP) is 2.17. The molecule has 3 nitrogen and oxygen atoms in total. The molecule has 0 aromatic heterocycles. The summed E-state index contributed by atoms with van der Waals surface area (Å²) in [6.07, 6.45) is 4.08. The molecule has 1 rings (SSSR count). The van der Waals surface area contributed by atoms with Gasteiger partial charge in [-0.05, 0) is 43.9 Å². The Morgan fingerprint density at radius 3 is 2.69 bits per heavy atom. The number of carboxylic acids is 1. The van der Waals surface area contributed by atoms with Crippen LogP contribution in [0.4, 0.5) is 0 Å². The number of carbonyl (C=O) groups is 1. The normalized spacial score (nSPS) is 26.5. The maximum absolute atomic E-state index is 11.4. The molecule has 1 saturated heterocycles. The summed E-state index contributed by atoms with van der Waals surface area (Å²) < 4.78 is 0. The van der Waals surface area contributed by atoms with Crippen LogP contribution >= 0.6 is 11.8 Å². The van der Waals surface area contributed by atoms with Crippen molar-refractivity contribution >= 4 is 17.7 Å². The fourth-order valence-corrected chi connectivity index (χ4v) is 2.85. The molecule has 1 fully saturated rings. The Labute approximate surface area is 103 Å². The fourth-order valence-electron chi connectivity index (χ4n) is 2.43. The molecule has 0 bridgehead atoms. The van der Waals surface area contributed by atoms with Crippen LogP contribution in [-0.4, -0.2) is 47.6 Å². The van der Waals surface area contributed by atoms with E-state index in [1.165, 1.54) is 0 Å². The first-order chi connectivity index (χ1) is 7.53. The van der Waals surface area contributed by atoms with Crippen molar-refractivity contribution in [1.29, 1.82) is 0 Å². The minimum absolute atomic E-state index is 0.218. The summed E-state index contributed by atoms with van der Waals surface area (Å²) in [5.41, 5.74) is -0.501. The third-order valence-corrected chi connectivity index (χ3v) is 4.43. The smallest absolute Gasteiger partial charge is 0.311 e. The lowest BCUT2D eigenvalue weighted by molar-refractivity contribution is -0.151. The van der Waals surface area contributed by atoms with E-state index >= 15 is 0 Å². The molecule has 1 N–H and O–H groups in total. The molecule has 0 spiro atoms. The van der Waals surface area contributed by atoms with Gasteiger partial charge < -0.3 is 10.0 Å². The van der Waals surface area contributed by atoms with Gasteiger partial charge in [0.15, 0.2) is 0 Å². The molecule has 94 valence electrons. The molecule has 0 aromatic rings. The zero-order valence-corrected chi connectivity index (χ0v) is 11.3. The largest absolute Gasteiger partial charge is 0.481 e. The third kappa shape index (κ3) is 2.92. The lowest BCUT2D eigenvalue weighted by Gasteiger charge is -2.28. The van der Waals surface area contributed by atoms with Gasteiger partial charge in [0.25, 0.3) is 0 Å². The highest BCUT2D eigenvalue weighted by atomic mass is 32.2. The van der Waals surface area contributed by atoms with E-state index in [0.29, 0.717) is 0 Å². The minimum Gasteiger partial charge on any atom is -0.481 e. The van der Waals surface area contributed by atoms with Gasteiger partial charge in [0.2, 0.25) is 0 Å². The molecule has 16 heavy (non-hydrogen) atoms. The standard InChI is InChI=1S/C12H23NO2S/c1-10(2)12(11(14)15)5-7-13(9-12)6-4-8-16-3/h10H,4-9H2,1-3H3,(H,14,15). The van der Waals surface area contributed by atoms with Crippen LogP contribution in [0.3, 0.4) is 0 Å². The quantitative estimate of drug-likeness (QED) is 0.728. The van der Waals surface area contributed by atoms with E-state index in [1.54, 1.807) is 0 Å². The fraction of sp³-hybridized carbons (Fsp3) is 0.917. The van der Waals surface area contributed by atoms with Crippen molar-refractivity contribution in [2.75, 3.05) is 31.6 Å². The highest BCUT2D eigenvalue weighted by Crippen LogP contribution is 2.38. The van der Waals surface area contributed by atoms with E-state index < -0.39 is 11.4 Å². The molecular weight excluding hydrogens is 222 g/mol. The average molecular weight is 245 g/mol. The number of hydrogen-bond acceptors (Lipinski definition) is 3. The Morgan fingerprint density at radius 2 is 2.25 bits per heavy atom. The van der Waals surface area contributed by atoms with E-state index in [9.17, 15) is 9.90 Å². The summed E-state index contributed by atoms with van der Waals surface area (Å²) >= 11 is 1.85. The molecule has 0 aromatic carbocycles. The topological polar surface area (TPSA) is 40.5 Å². The minimum atomic E-state index is -0.616. The molecule has 1 heterocycles. The van der Waals surface area contributed by atoms with Crippen LogP contribution in [0.5, 0.6) is 0 Å². The molecule has 1 unspecified atom stereocenters. The monoisotopic (exact) mass is 245 g/mol. The van der Waals surface area contributed by atoms with Gasteiger partial charge in [-0.15, -0.1) is 0 Å². The van der Waals surface area contributed by atoms with Crippen LogP contribution in [0.1, 0.15) is 26.7 Å². The van der Waals surface area contributed by atoms with Gasteiger partial charge in [-0.25, -0.2) is 0 Å². The molecule has 4 heteroatoms. The summed E-state index contributed by atoms with van der Waals surface area (Å²) in [5, 5.41) is 9.39. The lowest BCUT2D eigenvalue weighted by atomic mass is 9.76. The predicted molar refractivity (Wildman–Crippen MR) is 69.0 cm³/mol. The van der Waals surface area contributed by atoms with Gasteiger partial charge >= 0.3 is 5.97 Å². The molecule has 0 radical (unpaired) electrons. The molecule has 0 saturated carbocycles. The van der Waals surface area contributed by atoms with Gasteiger partial charge in [-0.2, -0.15) is 11.8 Å². The second-order valence-electron chi connectivity index (χ2n) is 4.99. The van der Waals surface area contributed by atoms with Crippen molar-refractivity contribution in [3.05, 3.63) is 0 Å². The van der Waals surface area contributed by atoms with E-state index in [4.69, 9.17) is 0 Å². The molecule has 1 atom stereocenters. The van der Waals surface area contributed by atoms with Crippen LogP contribution in [0.15, 0.2) is 0 Å². The molecule has 1 aliphatic rings. The number of aliphatic carboxylic acids is 1. The van der Waals surface area contributed by atoms with Gasteiger partial charge in [-0.3, -0.25) is 4.79 Å². The van der Waals surface area contributed by atoms with Crippen LogP contribution in [0.25, 0.3) is 0 Å². The van der Waals surface area contributed by atoms with Gasteiger partial charge in [0.05, 0.1) is 5.41 Å². The van der Waals surface area contributed by atoms with Gasteiger partial charge in [0, 0.05) is 6.54 Å². The SMILES string of the molecule is CSCCCN1CCC(C(=O)O)(C(C)C)C1. The van der Waals surface area contributed by atoms with Crippen LogP contribution in [0, 0.1) is 11.3 Å². The number of nitrogens with zero attached hydrogens (tertiary/aromatic N) is 1. The molecule has 0 amide bonds. The van der Waals surface area contributed by atoms with Crippen molar-refractivity contribution in [2.24, 2.45) is 11.3 Å². The summed E-state index contributed by atoms with van der Waals surface area (Å²) in [6.45, 7) is 6.77. The maximum atomic E-state index is 11.4. The first kappa shape index (κ1) is 13.8. The Bertz CT molecular complexity index is 245.